The Hall–Kier alpha value is -12.4. The molecule has 7 N–H and O–H groups in total. The van der Waals surface area contributed by atoms with Gasteiger partial charge in [0.2, 0.25) is 5.82 Å². The number of halogens is 2. The van der Waals surface area contributed by atoms with Crippen LogP contribution in [0.2, 0.25) is 0 Å². The summed E-state index contributed by atoms with van der Waals surface area (Å²) in [5, 5.41) is 54.3. The molecule has 0 radical (unpaired) electrons. The predicted molar refractivity (Wildman–Crippen MR) is 602 cm³/mol. The average molecular weight is 2140 g/mol. The molecule has 140 heavy (non-hydrogen) atoms. The molecule has 12 aromatic carbocycles. The van der Waals surface area contributed by atoms with E-state index in [1.54, 1.807) is 157 Å². The molecule has 32 heteroatoms. The number of nitrogens with zero attached hydrogens (tertiary/aromatic N) is 4. The molecule has 0 aliphatic heterocycles. The number of aliphatic carboxylic acids is 1. The summed E-state index contributed by atoms with van der Waals surface area (Å²) in [6.07, 6.45) is 11.7. The van der Waals surface area contributed by atoms with Crippen molar-refractivity contribution in [3.05, 3.63) is 346 Å². The molecule has 0 saturated heterocycles. The molecule has 0 saturated carbocycles. The summed E-state index contributed by atoms with van der Waals surface area (Å²) >= 11 is 11.3. The topological polar surface area (TPSA) is 366 Å². The van der Waals surface area contributed by atoms with Gasteiger partial charge in [-0.05, 0) is 191 Å². The summed E-state index contributed by atoms with van der Waals surface area (Å²) in [7, 11) is 0. The maximum Gasteiger partial charge on any atom is 0.337 e. The number of pyridine rings is 3. The molecule has 24 nitrogen and oxygen atoms in total. The highest BCUT2D eigenvalue weighted by Gasteiger charge is 2.20. The van der Waals surface area contributed by atoms with Gasteiger partial charge in [-0.2, -0.15) is 4.39 Å². The lowest BCUT2D eigenvalue weighted by atomic mass is 10.1. The maximum atomic E-state index is 12.8. The molecule has 15 rings (SSSR count). The summed E-state index contributed by atoms with van der Waals surface area (Å²) in [6.45, 7) is 34.1. The number of rotatable bonds is 19. The lowest BCUT2D eigenvalue weighted by Gasteiger charge is -2.16. The number of para-hydroxylation sites is 11. The zero-order chi connectivity index (χ0) is 106. The van der Waals surface area contributed by atoms with Gasteiger partial charge >= 0.3 is 35.5 Å². The van der Waals surface area contributed by atoms with Gasteiger partial charge in [-0.3, -0.25) is 49.0 Å². The van der Waals surface area contributed by atoms with Gasteiger partial charge in [0.15, 0.2) is 16.3 Å². The average Bonchev–Trinajstić information content (AvgIpc) is 0.750. The summed E-state index contributed by atoms with van der Waals surface area (Å²) in [6, 6.07) is 80.2. The van der Waals surface area contributed by atoms with Crippen molar-refractivity contribution in [1.82, 2.24) is 14.1 Å². The molecule has 0 amide bonds. The molecule has 3 aromatic heterocycles. The number of nitro groups is 2. The number of aromatic amines is 1. The minimum absolute atomic E-state index is 0.00777. The van der Waals surface area contributed by atoms with Crippen LogP contribution >= 0.6 is 93.2 Å². The SMILES string of the molecule is CC.CC.CC.CC.CC.CC.CC.CCOC(=O)CI.CCOC(=O)Cn1c2ccccc2c(=O)c2cccc(SC)c21.CSc1cccc2c(=O)c3ccccc3[nH]c12.CSc1cccc2c(=O)c3ccccc3n(CC(=O)O)c12.CSc1ccccc1N.CSc1ccccc1Nc1ccccc1C(=O)O.CSc1ccccc1[N+](=O)[O-].Cc1ccccc1C(=O)O.O=[N+]([O-])c1ccccc1F. The number of thioether (sulfide) groups is 6. The minimum atomic E-state index is -0.931. The van der Waals surface area contributed by atoms with Crippen molar-refractivity contribution in [3.63, 3.8) is 0 Å². The summed E-state index contributed by atoms with van der Waals surface area (Å²) < 4.78 is 26.1. The first-order valence-corrected chi connectivity index (χ1v) is 53.9. The second-order valence-electron chi connectivity index (χ2n) is 25.8. The molecule has 3 heterocycles. The van der Waals surface area contributed by atoms with Crippen molar-refractivity contribution in [3.8, 4) is 0 Å². The maximum absolute atomic E-state index is 12.8. The molecule has 15 aromatic rings. The number of hydrogen-bond acceptors (Lipinski definition) is 22. The molecule has 0 aliphatic carbocycles. The van der Waals surface area contributed by atoms with Crippen LogP contribution < -0.4 is 27.3 Å². The first-order chi connectivity index (χ1) is 67.7. The van der Waals surface area contributed by atoms with Crippen LogP contribution in [0.1, 0.15) is 137 Å². The second-order valence-corrected chi connectivity index (χ2v) is 31.6. The number of carbonyl (C=O) groups excluding carboxylic acids is 2. The van der Waals surface area contributed by atoms with E-state index in [2.05, 4.69) is 15.0 Å². The third-order valence-corrected chi connectivity index (χ3v) is 23.3. The number of anilines is 3. The zero-order valence-corrected chi connectivity index (χ0v) is 90.7. The van der Waals surface area contributed by atoms with Crippen LogP contribution in [-0.4, -0.2) is 124 Å². The molecule has 0 bridgehead atoms. The smallest absolute Gasteiger partial charge is 0.337 e. The van der Waals surface area contributed by atoms with Crippen molar-refractivity contribution in [2.24, 2.45) is 0 Å². The number of fused-ring (bicyclic) bond motifs is 6. The van der Waals surface area contributed by atoms with Crippen molar-refractivity contribution in [2.75, 3.05) is 66.2 Å². The van der Waals surface area contributed by atoms with E-state index in [0.29, 0.717) is 66.4 Å². The Bertz CT molecular complexity index is 6490. The normalized spacial score (nSPS) is 9.52. The number of benzene rings is 12. The second kappa shape index (κ2) is 73.7. The van der Waals surface area contributed by atoms with E-state index >= 15 is 0 Å². The van der Waals surface area contributed by atoms with E-state index in [-0.39, 0.29) is 57.5 Å². The van der Waals surface area contributed by atoms with E-state index in [9.17, 15) is 68.1 Å². The Morgan fingerprint density at radius 1 is 0.400 bits per heavy atom. The van der Waals surface area contributed by atoms with E-state index in [1.807, 2.05) is 319 Å². The number of aryl methyl sites for hydroxylation is 1. The van der Waals surface area contributed by atoms with E-state index in [1.165, 1.54) is 41.7 Å². The molecule has 0 fully saturated rings. The number of nitrogen functional groups attached to an aromatic ring is 1. The quantitative estimate of drug-likeness (QED) is 0.00640. The van der Waals surface area contributed by atoms with Gasteiger partial charge in [-0.15, -0.1) is 70.6 Å². The van der Waals surface area contributed by atoms with Crippen LogP contribution in [0.3, 0.4) is 0 Å². The van der Waals surface area contributed by atoms with Gasteiger partial charge in [0.05, 0.1) is 82.5 Å². The number of aromatic nitrogens is 3. The highest BCUT2D eigenvalue weighted by atomic mass is 127. The predicted octanol–water partition coefficient (Wildman–Crippen LogP) is 29.6. The van der Waals surface area contributed by atoms with Crippen LogP contribution in [0, 0.1) is 33.0 Å². The van der Waals surface area contributed by atoms with E-state index in [0.717, 1.165) is 86.4 Å². The fourth-order valence-corrected chi connectivity index (χ4v) is 15.9. The largest absolute Gasteiger partial charge is 0.480 e. The Balaban J connectivity index is 0.00000156. The number of H-pyrrole nitrogens is 1. The number of alkyl halides is 1. The summed E-state index contributed by atoms with van der Waals surface area (Å²) in [4.78, 5) is 121. The van der Waals surface area contributed by atoms with Crippen LogP contribution in [0.25, 0.3) is 65.4 Å². The number of esters is 2. The van der Waals surface area contributed by atoms with Crippen LogP contribution in [-0.2, 0) is 36.9 Å². The molecule has 750 valence electrons. The van der Waals surface area contributed by atoms with Crippen molar-refractivity contribution < 1.29 is 63.0 Å². The lowest BCUT2D eigenvalue weighted by Crippen LogP contribution is -2.18. The van der Waals surface area contributed by atoms with Crippen molar-refractivity contribution in [1.29, 1.82) is 0 Å². The van der Waals surface area contributed by atoms with Crippen LogP contribution in [0.4, 0.5) is 32.8 Å². The van der Waals surface area contributed by atoms with Gasteiger partial charge < -0.3 is 50.0 Å². The molecule has 0 aliphatic rings. The van der Waals surface area contributed by atoms with E-state index < -0.39 is 34.3 Å². The number of carboxylic acids is 3. The molecule has 0 spiro atoms. The molecule has 0 atom stereocenters. The van der Waals surface area contributed by atoms with Gasteiger partial charge in [0.1, 0.15) is 13.1 Å². The summed E-state index contributed by atoms with van der Waals surface area (Å²) in [5.41, 5.74) is 13.9. The van der Waals surface area contributed by atoms with Gasteiger partial charge in [-0.25, -0.2) is 9.59 Å². The number of carbonyl (C=O) groups is 5. The van der Waals surface area contributed by atoms with Crippen molar-refractivity contribution in [2.45, 2.75) is 160 Å². The number of carboxylic acid groups (broad SMARTS) is 3. The van der Waals surface area contributed by atoms with Gasteiger partial charge in [0, 0.05) is 80.1 Å². The lowest BCUT2D eigenvalue weighted by molar-refractivity contribution is -0.387. The fraction of sp³-hybridized carbons (Fsp3) is 0.259. The van der Waals surface area contributed by atoms with E-state index in [4.69, 9.17) is 20.7 Å². The Labute approximate surface area is 859 Å². The molecule has 0 unspecified atom stereocenters. The highest BCUT2D eigenvalue weighted by molar-refractivity contribution is 14.1. The third-order valence-electron chi connectivity index (χ3n) is 17.9. The van der Waals surface area contributed by atoms with Crippen LogP contribution in [0.15, 0.2) is 317 Å². The Kier molecular flexibility index (Phi) is 67.1. The number of aromatic carboxylic acids is 2. The number of hydrogen-bond donors (Lipinski definition) is 6. The third kappa shape index (κ3) is 40.0. The summed E-state index contributed by atoms with van der Waals surface area (Å²) in [5.74, 6) is -3.96. The van der Waals surface area contributed by atoms with Gasteiger partial charge in [0.25, 0.3) is 5.69 Å². The number of nitrogens with two attached hydrogens (primary N) is 1. The first-order valence-electron chi connectivity index (χ1n) is 45.1. The molecular weight excluding hydrogens is 2010 g/mol. The van der Waals surface area contributed by atoms with Crippen molar-refractivity contribution >= 4 is 217 Å². The Morgan fingerprint density at radius 3 is 1.16 bits per heavy atom. The number of nitrogens with one attached hydrogen (secondary N) is 2. The number of ether oxygens (including phenoxy) is 2. The monoisotopic (exact) mass is 2140 g/mol. The van der Waals surface area contributed by atoms with Crippen LogP contribution in [0.5, 0.6) is 0 Å². The zero-order valence-electron chi connectivity index (χ0n) is 83.6. The number of nitro benzene ring substituents is 2. The van der Waals surface area contributed by atoms with Gasteiger partial charge in [-0.1, -0.05) is 253 Å². The molecular formula is C108H131FIN7O17S6. The minimum Gasteiger partial charge on any atom is -0.480 e. The highest BCUT2D eigenvalue weighted by Crippen LogP contribution is 2.34. The fourth-order valence-electron chi connectivity index (χ4n) is 12.3. The standard InChI is InChI=1S/C18H17NO3S.C16H13NO3S.C14H13NO2S.C14H11NOS.C8H8O2.C7H7NO2S.C7H9NS.C6H4FNO2.C4H7IO2.7C2H6/c1-3-22-16(20)11-19-14-9-5-4-7-12(14)18(21)13-8-6-10-15(23-2)17(13)19;1-21-13-8-4-6-11-15(13)17(9-14(18)19)12-7-3-2-5-10(12)16(11)20;1-18-13-9-5-4-8-12(13)15-11-7-3-2-6-10(11)14(16)17;1-17-12-8-4-6-10-13(12)15-11-7-3-2-5-9(11)14(10)16;1-6-4-2-3-5-7(6)8(9)10;1-11-7-5-3-2-4-6(7)8(9)10;1-9-7-5-3-2-4-6(7)8;7-5-3-1-2-4-6(5)8(9)10;1-2-7-4(6)3-5;7*1-2/h4-10H,3,11H2,1-2H3;2-8H,9H2,1H3,(H,18,19);2-9,15H,1H3,(H,16,17);2-8H,1H3,(H,15,16);2-5H,1H3,(H,9,10);2-5H,1H3;2-5H,8H2,1H3;1-4H;2-3H2,1H3;7*1-2H3. The Morgan fingerprint density at radius 2 is 0.750 bits per heavy atom. The first kappa shape index (κ1) is 128.